The maximum Gasteiger partial charge on any atom is 0.408 e. The van der Waals surface area contributed by atoms with E-state index in [9.17, 15) is 9.59 Å². The van der Waals surface area contributed by atoms with E-state index in [-0.39, 0.29) is 5.56 Å². The van der Waals surface area contributed by atoms with Crippen molar-refractivity contribution in [3.63, 3.8) is 0 Å². The Kier molecular flexibility index (Phi) is 6.21. The normalized spacial score (nSPS) is 12.4. The van der Waals surface area contributed by atoms with Crippen LogP contribution in [0.1, 0.15) is 56.8 Å². The average molecular weight is 466 g/mol. The van der Waals surface area contributed by atoms with Gasteiger partial charge in [-0.05, 0) is 54.0 Å². The van der Waals surface area contributed by atoms with Gasteiger partial charge in [-0.3, -0.25) is 9.36 Å². The number of carbonyl (C=O) groups is 1. The molecular formula is C20H27N5O4S2. The van der Waals surface area contributed by atoms with E-state index in [0.29, 0.717) is 28.0 Å². The number of carbonyl (C=O) groups excluding carboxylic acids is 1. The molecule has 0 aliphatic rings. The van der Waals surface area contributed by atoms with Gasteiger partial charge in [-0.15, -0.1) is 11.3 Å². The third kappa shape index (κ3) is 5.09. The lowest BCUT2D eigenvalue weighted by Crippen LogP contribution is -2.44. The highest BCUT2D eigenvalue weighted by Crippen LogP contribution is 2.29. The predicted molar refractivity (Wildman–Crippen MR) is 121 cm³/mol. The van der Waals surface area contributed by atoms with Gasteiger partial charge in [-0.1, -0.05) is 16.9 Å². The van der Waals surface area contributed by atoms with Crippen LogP contribution in [-0.4, -0.2) is 31.4 Å². The maximum atomic E-state index is 12.7. The first-order valence-electron chi connectivity index (χ1n) is 9.72. The Balaban J connectivity index is 1.74. The number of alkyl carbamates (subject to hydrolysis) is 1. The van der Waals surface area contributed by atoms with E-state index in [1.165, 1.54) is 27.7 Å². The number of amides is 1. The topological polar surface area (TPSA) is 112 Å². The number of thiophene rings is 1. The molecule has 1 N–H and O–H groups in total. The lowest BCUT2D eigenvalue weighted by Gasteiger charge is -2.26. The van der Waals surface area contributed by atoms with E-state index < -0.39 is 17.2 Å². The average Bonchev–Trinajstić information content (AvgIpc) is 3.20. The zero-order valence-corrected chi connectivity index (χ0v) is 20.6. The van der Waals surface area contributed by atoms with Crippen LogP contribution in [0.5, 0.6) is 0 Å². The molecule has 3 aromatic rings. The van der Waals surface area contributed by atoms with Gasteiger partial charge in [-0.25, -0.2) is 9.78 Å². The number of ether oxygens (including phenoxy) is 1. The standard InChI is InChI=1S/C20H27N5O4S2/c1-10-11(2)31-14-13(10)15(26)25(8)17(22-14)30-9-12-21-16(24-29-12)20(6,7)23-18(27)28-19(3,4)5/h9H2,1-8H3,(H,23,27). The largest absolute Gasteiger partial charge is 0.444 e. The molecule has 0 fully saturated rings. The maximum absolute atomic E-state index is 12.7. The van der Waals surface area contributed by atoms with E-state index in [1.54, 1.807) is 41.7 Å². The minimum Gasteiger partial charge on any atom is -0.444 e. The molecule has 3 aromatic heterocycles. The molecule has 31 heavy (non-hydrogen) atoms. The van der Waals surface area contributed by atoms with Gasteiger partial charge in [0, 0.05) is 11.9 Å². The number of fused-ring (bicyclic) bond motifs is 1. The fraction of sp³-hybridized carbons (Fsp3) is 0.550. The summed E-state index contributed by atoms with van der Waals surface area (Å²) in [4.78, 5) is 35.7. The van der Waals surface area contributed by atoms with Gasteiger partial charge in [0.25, 0.3) is 5.56 Å². The Morgan fingerprint density at radius 3 is 2.55 bits per heavy atom. The molecule has 0 saturated carbocycles. The third-order valence-electron chi connectivity index (χ3n) is 4.53. The van der Waals surface area contributed by atoms with Crippen LogP contribution in [0, 0.1) is 13.8 Å². The molecule has 0 aromatic carbocycles. The molecule has 3 heterocycles. The van der Waals surface area contributed by atoms with Crippen molar-refractivity contribution in [2.45, 2.75) is 70.5 Å². The van der Waals surface area contributed by atoms with Crippen molar-refractivity contribution >= 4 is 39.4 Å². The summed E-state index contributed by atoms with van der Waals surface area (Å²) in [5.41, 5.74) is -0.581. The summed E-state index contributed by atoms with van der Waals surface area (Å²) < 4.78 is 12.2. The number of aromatic nitrogens is 4. The number of nitrogens with zero attached hydrogens (tertiary/aromatic N) is 4. The van der Waals surface area contributed by atoms with E-state index >= 15 is 0 Å². The second-order valence-electron chi connectivity index (χ2n) is 8.77. The second kappa shape index (κ2) is 8.27. The number of nitrogens with one attached hydrogen (secondary N) is 1. The fourth-order valence-corrected chi connectivity index (χ4v) is 4.67. The molecule has 9 nitrogen and oxygen atoms in total. The molecule has 0 radical (unpaired) electrons. The van der Waals surface area contributed by atoms with E-state index in [1.807, 2.05) is 13.8 Å². The zero-order chi connectivity index (χ0) is 23.1. The van der Waals surface area contributed by atoms with Crippen molar-refractivity contribution < 1.29 is 14.1 Å². The van der Waals surface area contributed by atoms with Crippen LogP contribution in [0.4, 0.5) is 4.79 Å². The summed E-state index contributed by atoms with van der Waals surface area (Å²) in [6, 6.07) is 0. The number of thioether (sulfide) groups is 1. The third-order valence-corrected chi connectivity index (χ3v) is 6.65. The van der Waals surface area contributed by atoms with Gasteiger partial charge in [-0.2, -0.15) is 4.98 Å². The van der Waals surface area contributed by atoms with Crippen molar-refractivity contribution in [3.8, 4) is 0 Å². The summed E-state index contributed by atoms with van der Waals surface area (Å²) in [7, 11) is 1.71. The number of rotatable bonds is 5. The van der Waals surface area contributed by atoms with Crippen molar-refractivity contribution in [2.75, 3.05) is 0 Å². The van der Waals surface area contributed by atoms with Crippen molar-refractivity contribution in [1.29, 1.82) is 0 Å². The SMILES string of the molecule is Cc1sc2nc(SCc3nc(C(C)(C)NC(=O)OC(C)(C)C)no3)n(C)c(=O)c2c1C. The first-order valence-corrected chi connectivity index (χ1v) is 11.5. The summed E-state index contributed by atoms with van der Waals surface area (Å²) in [6.07, 6.45) is -0.563. The number of aryl methyl sites for hydroxylation is 2. The van der Waals surface area contributed by atoms with Crippen LogP contribution >= 0.6 is 23.1 Å². The summed E-state index contributed by atoms with van der Waals surface area (Å²) >= 11 is 2.85. The first-order chi connectivity index (χ1) is 14.3. The lowest BCUT2D eigenvalue weighted by atomic mass is 10.1. The van der Waals surface area contributed by atoms with Crippen LogP contribution in [-0.2, 0) is 23.1 Å². The summed E-state index contributed by atoms with van der Waals surface area (Å²) in [5, 5.41) is 7.99. The Bertz CT molecular complexity index is 1190. The van der Waals surface area contributed by atoms with Crippen LogP contribution in [0.3, 0.4) is 0 Å². The molecule has 0 spiro atoms. The van der Waals surface area contributed by atoms with Crippen LogP contribution in [0.2, 0.25) is 0 Å². The number of hydrogen-bond donors (Lipinski definition) is 1. The fourth-order valence-electron chi connectivity index (χ4n) is 2.79. The van der Waals surface area contributed by atoms with Crippen molar-refractivity contribution in [1.82, 2.24) is 25.0 Å². The summed E-state index contributed by atoms with van der Waals surface area (Å²) in [6.45, 7) is 12.8. The van der Waals surface area contributed by atoms with Gasteiger partial charge >= 0.3 is 6.09 Å². The van der Waals surface area contributed by atoms with Crippen molar-refractivity contribution in [3.05, 3.63) is 32.5 Å². The molecule has 168 valence electrons. The molecule has 0 bridgehead atoms. The van der Waals surface area contributed by atoms with Gasteiger partial charge in [0.1, 0.15) is 16.0 Å². The van der Waals surface area contributed by atoms with E-state index in [0.717, 1.165) is 15.3 Å². The van der Waals surface area contributed by atoms with E-state index in [4.69, 9.17) is 9.26 Å². The highest BCUT2D eigenvalue weighted by Gasteiger charge is 2.31. The smallest absolute Gasteiger partial charge is 0.408 e. The molecule has 0 aliphatic heterocycles. The minimum absolute atomic E-state index is 0.0664. The van der Waals surface area contributed by atoms with Gasteiger partial charge in [0.15, 0.2) is 11.0 Å². The Morgan fingerprint density at radius 2 is 1.90 bits per heavy atom. The van der Waals surface area contributed by atoms with Crippen LogP contribution in [0.15, 0.2) is 14.5 Å². The van der Waals surface area contributed by atoms with Gasteiger partial charge in [0.2, 0.25) is 5.89 Å². The molecule has 0 atom stereocenters. The molecule has 0 aliphatic carbocycles. The minimum atomic E-state index is -0.884. The lowest BCUT2D eigenvalue weighted by molar-refractivity contribution is 0.0465. The molecular weight excluding hydrogens is 438 g/mol. The summed E-state index contributed by atoms with van der Waals surface area (Å²) in [5.74, 6) is 1.03. The Morgan fingerprint density at radius 1 is 1.23 bits per heavy atom. The molecule has 11 heteroatoms. The quantitative estimate of drug-likeness (QED) is 0.444. The van der Waals surface area contributed by atoms with Crippen molar-refractivity contribution in [2.24, 2.45) is 7.05 Å². The molecule has 3 rings (SSSR count). The highest BCUT2D eigenvalue weighted by atomic mass is 32.2. The zero-order valence-electron chi connectivity index (χ0n) is 18.9. The Hall–Kier alpha value is -2.40. The Labute approximate surface area is 188 Å². The van der Waals surface area contributed by atoms with Crippen LogP contribution < -0.4 is 10.9 Å². The van der Waals surface area contributed by atoms with Gasteiger partial charge < -0.3 is 14.6 Å². The highest BCUT2D eigenvalue weighted by molar-refractivity contribution is 7.98. The first kappa shape index (κ1) is 23.3. The molecule has 1 amide bonds. The van der Waals surface area contributed by atoms with Gasteiger partial charge in [0.05, 0.1) is 11.1 Å². The monoisotopic (exact) mass is 465 g/mol. The second-order valence-corrected chi connectivity index (χ2v) is 10.9. The van der Waals surface area contributed by atoms with E-state index in [2.05, 4.69) is 20.4 Å². The molecule has 0 unspecified atom stereocenters. The predicted octanol–water partition coefficient (Wildman–Crippen LogP) is 4.05. The van der Waals surface area contributed by atoms with Crippen LogP contribution in [0.25, 0.3) is 10.2 Å². The molecule has 0 saturated heterocycles. The number of hydrogen-bond acceptors (Lipinski definition) is 9.